The summed E-state index contributed by atoms with van der Waals surface area (Å²) in [4.78, 5) is 0. The summed E-state index contributed by atoms with van der Waals surface area (Å²) in [5, 5.41) is 26.0. The predicted octanol–water partition coefficient (Wildman–Crippen LogP) is -0.472. The van der Waals surface area contributed by atoms with Gasteiger partial charge in [-0.15, -0.1) is 0 Å². The van der Waals surface area contributed by atoms with Crippen LogP contribution < -0.4 is 0 Å². The maximum absolute atomic E-state index is 9.05. The van der Waals surface area contributed by atoms with Gasteiger partial charge in [-0.2, -0.15) is 0 Å². The fourth-order valence-corrected chi connectivity index (χ4v) is 0.901. The van der Waals surface area contributed by atoms with Crippen LogP contribution in [0.4, 0.5) is 0 Å². The lowest BCUT2D eigenvalue weighted by molar-refractivity contribution is 0.0178. The zero-order valence-corrected chi connectivity index (χ0v) is 5.40. The fraction of sp³-hybridized carbons (Fsp3) is 0.667. The van der Waals surface area contributed by atoms with Gasteiger partial charge in [-0.1, -0.05) is 0 Å². The van der Waals surface area contributed by atoms with Gasteiger partial charge in [-0.3, -0.25) is 0 Å². The molecule has 1 unspecified atom stereocenters. The molecule has 0 spiro atoms. The van der Waals surface area contributed by atoms with Gasteiger partial charge in [0, 0.05) is 6.42 Å². The third kappa shape index (κ3) is 1.22. The normalized spacial score (nSPS) is 36.4. The Morgan fingerprint density at radius 1 is 1.70 bits per heavy atom. The van der Waals surface area contributed by atoms with E-state index in [2.05, 4.69) is 0 Å². The number of hydrogen-bond donors (Lipinski definition) is 3. The van der Waals surface area contributed by atoms with Gasteiger partial charge >= 0.3 is 0 Å². The molecule has 1 aliphatic heterocycles. The number of aliphatic hydroxyl groups excluding tert-OH is 3. The van der Waals surface area contributed by atoms with Gasteiger partial charge in [0.05, 0.1) is 6.61 Å². The van der Waals surface area contributed by atoms with Crippen LogP contribution in [0.2, 0.25) is 0 Å². The van der Waals surface area contributed by atoms with Gasteiger partial charge in [0.2, 0.25) is 0 Å². The summed E-state index contributed by atoms with van der Waals surface area (Å²) < 4.78 is 4.88. The average Bonchev–Trinajstić information content (AvgIpc) is 2.30. The van der Waals surface area contributed by atoms with Gasteiger partial charge < -0.3 is 20.1 Å². The second-order valence-corrected chi connectivity index (χ2v) is 2.21. The van der Waals surface area contributed by atoms with E-state index in [1.165, 1.54) is 0 Å². The Labute approximate surface area is 58.4 Å². The lowest BCUT2D eigenvalue weighted by atomic mass is 10.2. The van der Waals surface area contributed by atoms with E-state index < -0.39 is 12.2 Å². The van der Waals surface area contributed by atoms with Crippen molar-refractivity contribution in [3.8, 4) is 0 Å². The van der Waals surface area contributed by atoms with Crippen molar-refractivity contribution in [3.05, 3.63) is 12.0 Å². The van der Waals surface area contributed by atoms with E-state index in [9.17, 15) is 0 Å². The molecule has 3 N–H and O–H groups in total. The molecule has 2 atom stereocenters. The molecule has 0 aromatic heterocycles. The highest BCUT2D eigenvalue weighted by Crippen LogP contribution is 2.22. The van der Waals surface area contributed by atoms with Gasteiger partial charge in [0.15, 0.2) is 0 Å². The summed E-state index contributed by atoms with van der Waals surface area (Å²) >= 11 is 0. The van der Waals surface area contributed by atoms with Gasteiger partial charge in [-0.05, 0) is 0 Å². The van der Waals surface area contributed by atoms with E-state index in [4.69, 9.17) is 20.1 Å². The maximum atomic E-state index is 9.05. The van der Waals surface area contributed by atoms with E-state index >= 15 is 0 Å². The third-order valence-corrected chi connectivity index (χ3v) is 1.47. The molecule has 4 nitrogen and oxygen atoms in total. The molecule has 1 fully saturated rings. The molecular formula is C6H10O4. The first kappa shape index (κ1) is 7.37. The van der Waals surface area contributed by atoms with Gasteiger partial charge in [0.25, 0.3) is 0 Å². The summed E-state index contributed by atoms with van der Waals surface area (Å²) in [5.41, 5.74) is 0. The lowest BCUT2D eigenvalue weighted by Gasteiger charge is -2.08. The lowest BCUT2D eigenvalue weighted by Crippen LogP contribution is -2.24. The van der Waals surface area contributed by atoms with Crippen molar-refractivity contribution in [2.24, 2.45) is 0 Å². The Hall–Kier alpha value is -0.740. The minimum atomic E-state index is -0.691. The molecule has 0 radical (unpaired) electrons. The molecule has 4 heteroatoms. The number of rotatable bonds is 1. The SMILES string of the molecule is O/C=C1\CC(O)[C@@H](CO)O1. The van der Waals surface area contributed by atoms with E-state index in [-0.39, 0.29) is 13.0 Å². The highest BCUT2D eigenvalue weighted by Gasteiger charge is 2.29. The van der Waals surface area contributed by atoms with Crippen LogP contribution in [0.25, 0.3) is 0 Å². The van der Waals surface area contributed by atoms with E-state index in [0.29, 0.717) is 5.76 Å². The van der Waals surface area contributed by atoms with Crippen LogP contribution in [0.1, 0.15) is 6.42 Å². The third-order valence-electron chi connectivity index (χ3n) is 1.47. The second kappa shape index (κ2) is 2.90. The van der Waals surface area contributed by atoms with Crippen molar-refractivity contribution in [2.45, 2.75) is 18.6 Å². The Bertz CT molecular complexity index is 143. The monoisotopic (exact) mass is 146 g/mol. The van der Waals surface area contributed by atoms with Crippen LogP contribution in [0.15, 0.2) is 12.0 Å². The minimum Gasteiger partial charge on any atom is -0.512 e. The second-order valence-electron chi connectivity index (χ2n) is 2.21. The first-order valence-corrected chi connectivity index (χ1v) is 3.06. The minimum absolute atomic E-state index is 0.224. The molecule has 0 aromatic carbocycles. The first-order chi connectivity index (χ1) is 4.77. The predicted molar refractivity (Wildman–Crippen MR) is 33.3 cm³/mol. The van der Waals surface area contributed by atoms with Crippen LogP contribution in [0.3, 0.4) is 0 Å². The average molecular weight is 146 g/mol. The molecule has 1 rings (SSSR count). The molecule has 1 saturated heterocycles. The molecule has 10 heavy (non-hydrogen) atoms. The summed E-state index contributed by atoms with van der Waals surface area (Å²) in [5.74, 6) is 0.326. The number of hydrogen-bond acceptors (Lipinski definition) is 4. The van der Waals surface area contributed by atoms with Crippen LogP contribution in [0.5, 0.6) is 0 Å². The summed E-state index contributed by atoms with van der Waals surface area (Å²) in [6, 6.07) is 0. The van der Waals surface area contributed by atoms with Crippen LogP contribution in [-0.4, -0.2) is 34.1 Å². The topological polar surface area (TPSA) is 69.9 Å². The van der Waals surface area contributed by atoms with Crippen molar-refractivity contribution in [1.29, 1.82) is 0 Å². The summed E-state index contributed by atoms with van der Waals surface area (Å²) in [6.07, 6.45) is -0.178. The summed E-state index contributed by atoms with van der Waals surface area (Å²) in [7, 11) is 0. The first-order valence-electron chi connectivity index (χ1n) is 3.06. The van der Waals surface area contributed by atoms with Crippen LogP contribution in [-0.2, 0) is 4.74 Å². The Morgan fingerprint density at radius 3 is 2.70 bits per heavy atom. The zero-order valence-electron chi connectivity index (χ0n) is 5.40. The fourth-order valence-electron chi connectivity index (χ4n) is 0.901. The molecular weight excluding hydrogens is 136 g/mol. The van der Waals surface area contributed by atoms with E-state index in [1.807, 2.05) is 0 Å². The highest BCUT2D eigenvalue weighted by atomic mass is 16.5. The molecule has 0 aliphatic carbocycles. The van der Waals surface area contributed by atoms with E-state index in [1.54, 1.807) is 0 Å². The van der Waals surface area contributed by atoms with Crippen molar-refractivity contribution in [3.63, 3.8) is 0 Å². The van der Waals surface area contributed by atoms with Crippen LogP contribution >= 0.6 is 0 Å². The highest BCUT2D eigenvalue weighted by molar-refractivity contribution is 4.98. The van der Waals surface area contributed by atoms with Crippen molar-refractivity contribution in [2.75, 3.05) is 6.61 Å². The van der Waals surface area contributed by atoms with Gasteiger partial charge in [-0.25, -0.2) is 0 Å². The van der Waals surface area contributed by atoms with Crippen molar-refractivity contribution < 1.29 is 20.1 Å². The summed E-state index contributed by atoms with van der Waals surface area (Å²) in [6.45, 7) is -0.224. The molecule has 58 valence electrons. The number of aliphatic hydroxyl groups is 3. The maximum Gasteiger partial charge on any atom is 0.147 e. The van der Waals surface area contributed by atoms with Crippen molar-refractivity contribution in [1.82, 2.24) is 0 Å². The van der Waals surface area contributed by atoms with Gasteiger partial charge in [0.1, 0.15) is 24.2 Å². The Morgan fingerprint density at radius 2 is 2.40 bits per heavy atom. The van der Waals surface area contributed by atoms with E-state index in [0.717, 1.165) is 6.26 Å². The molecule has 0 amide bonds. The standard InChI is InChI=1S/C6H10O4/c7-2-4-1-5(9)6(3-8)10-4/h2,5-9H,1,3H2/b4-2+/t5?,6-/m1/s1. The zero-order chi connectivity index (χ0) is 7.56. The Balaban J connectivity index is 2.52. The molecule has 0 saturated carbocycles. The number of ether oxygens (including phenoxy) is 1. The largest absolute Gasteiger partial charge is 0.512 e. The Kier molecular flexibility index (Phi) is 2.13. The van der Waals surface area contributed by atoms with Crippen LogP contribution in [0, 0.1) is 0 Å². The van der Waals surface area contributed by atoms with Crippen molar-refractivity contribution >= 4 is 0 Å². The quantitative estimate of drug-likeness (QED) is 0.437. The smallest absolute Gasteiger partial charge is 0.147 e. The molecule has 0 aromatic rings. The molecule has 0 bridgehead atoms. The molecule has 1 heterocycles. The molecule has 1 aliphatic rings.